The number of nitrogens with zero attached hydrogens (tertiary/aromatic N) is 2. The molecule has 0 fully saturated rings. The minimum absolute atomic E-state index is 0.181. The van der Waals surface area contributed by atoms with Crippen LogP contribution in [0, 0.1) is 0 Å². The number of ether oxygens (including phenoxy) is 1. The number of aliphatic hydroxyl groups is 2. The Hall–Kier alpha value is -3.58. The quantitative estimate of drug-likeness (QED) is 0.301. The van der Waals surface area contributed by atoms with E-state index in [2.05, 4.69) is 15.0 Å². The number of nitrogens with one attached hydrogen (secondary N) is 1. The van der Waals surface area contributed by atoms with E-state index in [9.17, 15) is 33.0 Å². The Morgan fingerprint density at radius 2 is 1.97 bits per heavy atom. The summed E-state index contributed by atoms with van der Waals surface area (Å²) in [5.41, 5.74) is 1.71. The first-order valence-electron chi connectivity index (χ1n) is 10.4. The lowest BCUT2D eigenvalue weighted by Crippen LogP contribution is -2.28. The van der Waals surface area contributed by atoms with Crippen molar-refractivity contribution in [1.29, 1.82) is 0 Å². The van der Waals surface area contributed by atoms with Gasteiger partial charge in [0.05, 0.1) is 11.4 Å². The largest absolute Gasteiger partial charge is 0.573 e. The van der Waals surface area contributed by atoms with E-state index < -0.39 is 30.8 Å². The molecule has 1 aliphatic rings. The van der Waals surface area contributed by atoms with Crippen LogP contribution in [0.3, 0.4) is 0 Å². The van der Waals surface area contributed by atoms with Crippen LogP contribution in [0.4, 0.5) is 18.9 Å². The molecular weight excluding hydrogens is 491 g/mol. The molecule has 13 heteroatoms. The number of allylic oxidation sites excluding steroid dienone is 2. The van der Waals surface area contributed by atoms with Crippen LogP contribution in [0.25, 0.3) is 5.57 Å². The van der Waals surface area contributed by atoms with Crippen molar-refractivity contribution >= 4 is 34.5 Å². The first-order chi connectivity index (χ1) is 16.5. The molecule has 0 radical (unpaired) electrons. The monoisotopic (exact) mass is 513 g/mol. The molecule has 0 bridgehead atoms. The van der Waals surface area contributed by atoms with E-state index in [4.69, 9.17) is 5.11 Å². The fourth-order valence-electron chi connectivity index (χ4n) is 3.22. The molecule has 1 aliphatic carbocycles. The lowest BCUT2D eigenvalue weighted by molar-refractivity contribution is -0.274. The normalized spacial score (nSPS) is 16.5. The van der Waals surface area contributed by atoms with E-state index in [1.807, 2.05) is 4.57 Å². The molecule has 188 valence electrons. The summed E-state index contributed by atoms with van der Waals surface area (Å²) in [5, 5.41) is 32.7. The van der Waals surface area contributed by atoms with Crippen molar-refractivity contribution in [3.8, 4) is 5.75 Å². The molecule has 4 N–H and O–H groups in total. The summed E-state index contributed by atoms with van der Waals surface area (Å²) in [6.45, 7) is 0.560. The second-order valence-electron chi connectivity index (χ2n) is 7.46. The molecule has 0 saturated carbocycles. The summed E-state index contributed by atoms with van der Waals surface area (Å²) in [6, 6.07) is 5.04. The van der Waals surface area contributed by atoms with Crippen molar-refractivity contribution in [1.82, 2.24) is 9.88 Å². The standard InChI is InChI=1S/C22H22F3N3O6S/c23-22(24,25)34-15-5-3-14(4-6-15)27-21-28(9-1-8-26-19(31)11-20(32)33)16(12-35-21)13-2-7-17(29)18(30)10-13/h2-6,10,12,17,29-30H,1,7-9,11H2,(H,26,31)(H,32,33)/b27-21-. The first kappa shape index (κ1) is 26.0. The zero-order chi connectivity index (χ0) is 25.6. The van der Waals surface area contributed by atoms with E-state index in [0.717, 1.165) is 12.1 Å². The van der Waals surface area contributed by atoms with Gasteiger partial charge in [0.25, 0.3) is 0 Å². The Kier molecular flexibility index (Phi) is 8.35. The summed E-state index contributed by atoms with van der Waals surface area (Å²) in [5.74, 6) is -2.40. The van der Waals surface area contributed by atoms with Gasteiger partial charge in [-0.1, -0.05) is 6.08 Å². The summed E-state index contributed by atoms with van der Waals surface area (Å²) >= 11 is 1.26. The second kappa shape index (κ2) is 11.2. The summed E-state index contributed by atoms with van der Waals surface area (Å²) in [4.78, 5) is 27.2. The third-order valence-corrected chi connectivity index (χ3v) is 5.65. The molecule has 2 aromatic rings. The highest BCUT2D eigenvalue weighted by molar-refractivity contribution is 7.07. The number of aromatic nitrogens is 1. The van der Waals surface area contributed by atoms with Gasteiger partial charge in [-0.15, -0.1) is 24.5 Å². The lowest BCUT2D eigenvalue weighted by Gasteiger charge is -2.16. The van der Waals surface area contributed by atoms with Crippen molar-refractivity contribution < 1.29 is 42.8 Å². The van der Waals surface area contributed by atoms with Crippen LogP contribution < -0.4 is 14.9 Å². The molecule has 3 rings (SSSR count). The number of carbonyl (C=O) groups excluding carboxylic acids is 1. The number of halogens is 3. The van der Waals surface area contributed by atoms with Crippen molar-refractivity contribution in [2.75, 3.05) is 6.54 Å². The van der Waals surface area contributed by atoms with Crippen molar-refractivity contribution in [2.24, 2.45) is 4.99 Å². The van der Waals surface area contributed by atoms with Gasteiger partial charge >= 0.3 is 12.3 Å². The minimum atomic E-state index is -4.80. The molecule has 1 aromatic carbocycles. The zero-order valence-electron chi connectivity index (χ0n) is 18.2. The van der Waals surface area contributed by atoms with Crippen molar-refractivity contribution in [3.05, 3.63) is 58.1 Å². The Morgan fingerprint density at radius 1 is 1.26 bits per heavy atom. The third-order valence-electron chi connectivity index (χ3n) is 4.79. The van der Waals surface area contributed by atoms with E-state index in [0.29, 0.717) is 34.7 Å². The predicted molar refractivity (Wildman–Crippen MR) is 120 cm³/mol. The maximum atomic E-state index is 12.4. The summed E-state index contributed by atoms with van der Waals surface area (Å²) < 4.78 is 42.8. The van der Waals surface area contributed by atoms with Gasteiger partial charge in [0.2, 0.25) is 5.91 Å². The summed E-state index contributed by atoms with van der Waals surface area (Å²) in [7, 11) is 0. The topological polar surface area (TPSA) is 133 Å². The zero-order valence-corrected chi connectivity index (χ0v) is 19.0. The Balaban J connectivity index is 1.85. The van der Waals surface area contributed by atoms with Gasteiger partial charge in [-0.2, -0.15) is 0 Å². The highest BCUT2D eigenvalue weighted by atomic mass is 32.1. The number of hydrogen-bond acceptors (Lipinski definition) is 7. The minimum Gasteiger partial charge on any atom is -0.510 e. The number of carboxylic acids is 1. The van der Waals surface area contributed by atoms with E-state index in [1.165, 1.54) is 29.5 Å². The van der Waals surface area contributed by atoms with Crippen LogP contribution in [-0.4, -0.2) is 50.8 Å². The Morgan fingerprint density at radius 3 is 2.60 bits per heavy atom. The molecule has 9 nitrogen and oxygen atoms in total. The van der Waals surface area contributed by atoms with Gasteiger partial charge in [0, 0.05) is 18.5 Å². The maximum absolute atomic E-state index is 12.4. The highest BCUT2D eigenvalue weighted by Gasteiger charge is 2.31. The van der Waals surface area contributed by atoms with Gasteiger partial charge in [0.15, 0.2) is 4.80 Å². The molecule has 1 heterocycles. The van der Waals surface area contributed by atoms with Crippen LogP contribution >= 0.6 is 11.3 Å². The third kappa shape index (κ3) is 7.72. The predicted octanol–water partition coefficient (Wildman–Crippen LogP) is 3.25. The Bertz CT molecular complexity index is 1200. The van der Waals surface area contributed by atoms with Crippen LogP contribution in [0.5, 0.6) is 5.75 Å². The van der Waals surface area contributed by atoms with Gasteiger partial charge in [-0.3, -0.25) is 9.59 Å². The fourth-order valence-corrected chi connectivity index (χ4v) is 4.17. The molecule has 1 atom stereocenters. The van der Waals surface area contributed by atoms with Gasteiger partial charge < -0.3 is 29.9 Å². The van der Waals surface area contributed by atoms with Crippen LogP contribution in [0.15, 0.2) is 52.5 Å². The number of alkyl halides is 3. The molecule has 1 amide bonds. The van der Waals surface area contributed by atoms with E-state index in [1.54, 1.807) is 11.5 Å². The number of carbonyl (C=O) groups is 2. The lowest BCUT2D eigenvalue weighted by atomic mass is 10.0. The smallest absolute Gasteiger partial charge is 0.510 e. The van der Waals surface area contributed by atoms with Crippen LogP contribution in [-0.2, 0) is 16.1 Å². The number of carboxylic acid groups (broad SMARTS) is 1. The van der Waals surface area contributed by atoms with Gasteiger partial charge in [-0.25, -0.2) is 4.99 Å². The number of benzene rings is 1. The molecule has 35 heavy (non-hydrogen) atoms. The van der Waals surface area contributed by atoms with Crippen LogP contribution in [0.1, 0.15) is 25.0 Å². The van der Waals surface area contributed by atoms with Crippen molar-refractivity contribution in [3.63, 3.8) is 0 Å². The fraction of sp³-hybridized carbons (Fsp3) is 0.318. The number of aliphatic hydroxyl groups excluding tert-OH is 2. The van der Waals surface area contributed by atoms with Gasteiger partial charge in [-0.05, 0) is 48.8 Å². The second-order valence-corrected chi connectivity index (χ2v) is 8.30. The maximum Gasteiger partial charge on any atom is 0.573 e. The molecular formula is C22H22F3N3O6S. The molecule has 0 aliphatic heterocycles. The molecule has 0 saturated heterocycles. The number of amides is 1. The first-order valence-corrected chi connectivity index (χ1v) is 11.3. The van der Waals surface area contributed by atoms with E-state index >= 15 is 0 Å². The van der Waals surface area contributed by atoms with Gasteiger partial charge in [0.1, 0.15) is 24.0 Å². The van der Waals surface area contributed by atoms with Crippen molar-refractivity contribution in [2.45, 2.75) is 38.3 Å². The average Bonchev–Trinajstić information content (AvgIpc) is 3.15. The molecule has 0 spiro atoms. The Labute approximate surface area is 201 Å². The number of hydrogen-bond donors (Lipinski definition) is 4. The van der Waals surface area contributed by atoms with Crippen LogP contribution in [0.2, 0.25) is 0 Å². The van der Waals surface area contributed by atoms with E-state index in [-0.39, 0.29) is 24.5 Å². The molecule has 1 unspecified atom stereocenters. The molecule has 1 aromatic heterocycles. The number of rotatable bonds is 9. The SMILES string of the molecule is O=C(O)CC(=O)NCCCn1c(C2=CCC(O)C(O)=C2)cs/c1=N\c1ccc(OC(F)(F)F)cc1. The average molecular weight is 513 g/mol. The highest BCUT2D eigenvalue weighted by Crippen LogP contribution is 2.27. The number of aliphatic carboxylic acids is 1. The summed E-state index contributed by atoms with van der Waals surface area (Å²) in [6.07, 6.45) is -2.59. The number of thiazole rings is 1.